The Kier molecular flexibility index (Phi) is 5.78. The van der Waals surface area contributed by atoms with Crippen LogP contribution in [0.4, 0.5) is 5.69 Å². The van der Waals surface area contributed by atoms with Crippen LogP contribution < -0.4 is 10.5 Å². The molecule has 21 heavy (non-hydrogen) atoms. The lowest BCUT2D eigenvalue weighted by molar-refractivity contribution is 0.214. The molecule has 4 N–H and O–H groups in total. The highest BCUT2D eigenvalue weighted by atomic mass is 32.2. The van der Waals surface area contributed by atoms with Crippen molar-refractivity contribution in [2.24, 2.45) is 5.41 Å². The quantitative estimate of drug-likeness (QED) is 0.699. The van der Waals surface area contributed by atoms with Crippen molar-refractivity contribution >= 4 is 15.7 Å². The van der Waals surface area contributed by atoms with E-state index in [0.29, 0.717) is 18.5 Å². The van der Waals surface area contributed by atoms with Crippen LogP contribution in [0.3, 0.4) is 0 Å². The van der Waals surface area contributed by atoms with Gasteiger partial charge in [0.2, 0.25) is 10.0 Å². The van der Waals surface area contributed by atoms with E-state index in [1.54, 1.807) is 12.1 Å². The number of anilines is 1. The molecule has 5 nitrogen and oxygen atoms in total. The monoisotopic (exact) mass is 314 g/mol. The molecule has 0 heterocycles. The Bertz CT molecular complexity index is 577. The number of hydrogen-bond donors (Lipinski definition) is 3. The first-order chi connectivity index (χ1) is 9.61. The molecule has 0 fully saturated rings. The van der Waals surface area contributed by atoms with Crippen molar-refractivity contribution in [1.82, 2.24) is 4.72 Å². The largest absolute Gasteiger partial charge is 0.399 e. The molecular formula is C15H26N2O3S. The molecule has 1 rings (SSSR count). The molecular weight excluding hydrogens is 288 g/mol. The van der Waals surface area contributed by atoms with Gasteiger partial charge in [0, 0.05) is 18.3 Å². The Hall–Kier alpha value is -1.11. The molecule has 1 atom stereocenters. The lowest BCUT2D eigenvalue weighted by atomic mass is 9.86. The van der Waals surface area contributed by atoms with Gasteiger partial charge in [0.05, 0.1) is 4.90 Å². The number of rotatable bonds is 6. The first-order valence-electron chi connectivity index (χ1n) is 7.13. The molecule has 1 aromatic rings. The normalized spacial score (nSPS) is 14.1. The summed E-state index contributed by atoms with van der Waals surface area (Å²) in [6.07, 6.45) is 0.975. The number of sulfonamides is 1. The zero-order chi connectivity index (χ0) is 16.3. The summed E-state index contributed by atoms with van der Waals surface area (Å²) in [6, 6.07) is 4.58. The molecule has 0 spiro atoms. The minimum atomic E-state index is -3.67. The van der Waals surface area contributed by atoms with Crippen molar-refractivity contribution in [3.05, 3.63) is 23.8 Å². The van der Waals surface area contributed by atoms with Gasteiger partial charge >= 0.3 is 0 Å². The summed E-state index contributed by atoms with van der Waals surface area (Å²) in [5.74, 6) is 0. The molecule has 0 bridgehead atoms. The summed E-state index contributed by atoms with van der Waals surface area (Å²) in [5.41, 5.74) is 6.58. The minimum Gasteiger partial charge on any atom is -0.399 e. The summed E-state index contributed by atoms with van der Waals surface area (Å²) in [7, 11) is -3.67. The van der Waals surface area contributed by atoms with Crippen LogP contribution in [-0.2, 0) is 16.4 Å². The van der Waals surface area contributed by atoms with Gasteiger partial charge in [0.1, 0.15) is 0 Å². The third kappa shape index (κ3) is 4.69. The predicted molar refractivity (Wildman–Crippen MR) is 85.5 cm³/mol. The van der Waals surface area contributed by atoms with Gasteiger partial charge in [0.15, 0.2) is 0 Å². The second kappa shape index (κ2) is 6.77. The maximum atomic E-state index is 12.6. The van der Waals surface area contributed by atoms with E-state index in [2.05, 4.69) is 4.72 Å². The number of hydrogen-bond acceptors (Lipinski definition) is 4. The zero-order valence-electron chi connectivity index (χ0n) is 13.2. The molecule has 0 aromatic heterocycles. The smallest absolute Gasteiger partial charge is 0.241 e. The SMILES string of the molecule is CCc1ccc(N)cc1S(=O)(=O)NC(CCO)C(C)(C)C. The lowest BCUT2D eigenvalue weighted by Crippen LogP contribution is -2.44. The van der Waals surface area contributed by atoms with Crippen molar-refractivity contribution in [3.8, 4) is 0 Å². The van der Waals surface area contributed by atoms with Crippen molar-refractivity contribution in [1.29, 1.82) is 0 Å². The van der Waals surface area contributed by atoms with E-state index in [0.717, 1.165) is 5.56 Å². The molecule has 0 radical (unpaired) electrons. The third-order valence-electron chi connectivity index (χ3n) is 3.52. The highest BCUT2D eigenvalue weighted by Crippen LogP contribution is 2.26. The second-order valence-electron chi connectivity index (χ2n) is 6.27. The summed E-state index contributed by atoms with van der Waals surface area (Å²) in [4.78, 5) is 0.220. The average molecular weight is 314 g/mol. The van der Waals surface area contributed by atoms with Crippen LogP contribution in [0.1, 0.15) is 39.7 Å². The van der Waals surface area contributed by atoms with Crippen LogP contribution in [0.25, 0.3) is 0 Å². The number of nitrogens with one attached hydrogen (secondary N) is 1. The van der Waals surface area contributed by atoms with Gasteiger partial charge in [-0.25, -0.2) is 13.1 Å². The highest BCUT2D eigenvalue weighted by molar-refractivity contribution is 7.89. The van der Waals surface area contributed by atoms with Crippen LogP contribution in [0.2, 0.25) is 0 Å². The zero-order valence-corrected chi connectivity index (χ0v) is 14.0. The molecule has 0 saturated heterocycles. The number of benzene rings is 1. The molecule has 0 aliphatic rings. The van der Waals surface area contributed by atoms with Crippen LogP contribution in [0.15, 0.2) is 23.1 Å². The maximum Gasteiger partial charge on any atom is 0.241 e. The Morgan fingerprint density at radius 2 is 1.95 bits per heavy atom. The maximum absolute atomic E-state index is 12.6. The second-order valence-corrected chi connectivity index (χ2v) is 7.96. The lowest BCUT2D eigenvalue weighted by Gasteiger charge is -2.31. The molecule has 1 aromatic carbocycles. The topological polar surface area (TPSA) is 92.4 Å². The molecule has 1 unspecified atom stereocenters. The number of aliphatic hydroxyl groups is 1. The van der Waals surface area contributed by atoms with E-state index in [-0.39, 0.29) is 23.0 Å². The fourth-order valence-corrected chi connectivity index (χ4v) is 3.98. The van der Waals surface area contributed by atoms with Gasteiger partial charge < -0.3 is 10.8 Å². The minimum absolute atomic E-state index is 0.0674. The van der Waals surface area contributed by atoms with Gasteiger partial charge in [-0.1, -0.05) is 33.8 Å². The average Bonchev–Trinajstić information content (AvgIpc) is 2.37. The van der Waals surface area contributed by atoms with Gasteiger partial charge in [-0.05, 0) is 36.0 Å². The molecule has 0 aliphatic heterocycles. The van der Waals surface area contributed by atoms with Crippen molar-refractivity contribution < 1.29 is 13.5 Å². The fourth-order valence-electron chi connectivity index (χ4n) is 2.16. The van der Waals surface area contributed by atoms with E-state index in [9.17, 15) is 8.42 Å². The summed E-state index contributed by atoms with van der Waals surface area (Å²) < 4.78 is 28.0. The van der Waals surface area contributed by atoms with E-state index in [1.165, 1.54) is 6.07 Å². The molecule has 0 aliphatic carbocycles. The van der Waals surface area contributed by atoms with Crippen LogP contribution in [-0.4, -0.2) is 26.2 Å². The molecule has 0 saturated carbocycles. The van der Waals surface area contributed by atoms with Crippen molar-refractivity contribution in [3.63, 3.8) is 0 Å². The predicted octanol–water partition coefficient (Wildman–Crippen LogP) is 1.91. The molecule has 6 heteroatoms. The Balaban J connectivity index is 3.19. The van der Waals surface area contributed by atoms with Gasteiger partial charge in [0.25, 0.3) is 0 Å². The van der Waals surface area contributed by atoms with E-state index in [4.69, 9.17) is 10.8 Å². The Morgan fingerprint density at radius 1 is 1.33 bits per heavy atom. The van der Waals surface area contributed by atoms with Crippen LogP contribution >= 0.6 is 0 Å². The number of nitrogen functional groups attached to an aromatic ring is 1. The number of nitrogens with two attached hydrogens (primary N) is 1. The van der Waals surface area contributed by atoms with E-state index < -0.39 is 10.0 Å². The van der Waals surface area contributed by atoms with Crippen molar-refractivity contribution in [2.45, 2.75) is 51.5 Å². The molecule has 120 valence electrons. The summed E-state index contributed by atoms with van der Waals surface area (Å²) in [6.45, 7) is 7.66. The first-order valence-corrected chi connectivity index (χ1v) is 8.61. The van der Waals surface area contributed by atoms with Crippen LogP contribution in [0, 0.1) is 5.41 Å². The third-order valence-corrected chi connectivity index (χ3v) is 5.08. The van der Waals surface area contributed by atoms with Gasteiger partial charge in [-0.2, -0.15) is 0 Å². The van der Waals surface area contributed by atoms with Crippen molar-refractivity contribution in [2.75, 3.05) is 12.3 Å². The Morgan fingerprint density at radius 3 is 2.43 bits per heavy atom. The summed E-state index contributed by atoms with van der Waals surface area (Å²) in [5, 5.41) is 9.16. The number of aliphatic hydroxyl groups excluding tert-OH is 1. The molecule has 0 amide bonds. The standard InChI is InChI=1S/C15H26N2O3S/c1-5-11-6-7-12(16)10-13(11)21(19,20)17-14(8-9-18)15(2,3)4/h6-7,10,14,17-18H,5,8-9,16H2,1-4H3. The number of aryl methyl sites for hydroxylation is 1. The van der Waals surface area contributed by atoms with Gasteiger partial charge in [-0.3, -0.25) is 0 Å². The fraction of sp³-hybridized carbons (Fsp3) is 0.600. The summed E-state index contributed by atoms with van der Waals surface area (Å²) >= 11 is 0. The Labute approximate surface area is 127 Å². The van der Waals surface area contributed by atoms with Crippen LogP contribution in [0.5, 0.6) is 0 Å². The highest BCUT2D eigenvalue weighted by Gasteiger charge is 2.30. The van der Waals surface area contributed by atoms with Gasteiger partial charge in [-0.15, -0.1) is 0 Å². The van der Waals surface area contributed by atoms with E-state index in [1.807, 2.05) is 27.7 Å². The van der Waals surface area contributed by atoms with E-state index >= 15 is 0 Å². The first kappa shape index (κ1) is 17.9.